The molecule has 33 heavy (non-hydrogen) atoms. The SMILES string of the molecule is CCNC(=NCc1cccc(N2CC=CC2)c1)NCc1cc2c(cc1OC(F)F)OCO2.I. The van der Waals surface area contributed by atoms with E-state index in [1.807, 2.05) is 19.1 Å². The Labute approximate surface area is 208 Å². The number of guanidine groups is 1. The summed E-state index contributed by atoms with van der Waals surface area (Å²) in [5, 5.41) is 6.36. The van der Waals surface area contributed by atoms with Crippen molar-refractivity contribution in [2.45, 2.75) is 26.6 Å². The third kappa shape index (κ3) is 6.62. The Morgan fingerprint density at radius 2 is 1.88 bits per heavy atom. The molecule has 0 bridgehead atoms. The predicted octanol–water partition coefficient (Wildman–Crippen LogP) is 4.27. The maximum absolute atomic E-state index is 12.9. The summed E-state index contributed by atoms with van der Waals surface area (Å²) < 4.78 is 41.0. The van der Waals surface area contributed by atoms with Crippen LogP contribution in [0.5, 0.6) is 17.2 Å². The van der Waals surface area contributed by atoms with E-state index in [4.69, 9.17) is 9.47 Å². The smallest absolute Gasteiger partial charge is 0.387 e. The predicted molar refractivity (Wildman–Crippen MR) is 134 cm³/mol. The number of anilines is 1. The normalized spacial score (nSPS) is 14.4. The van der Waals surface area contributed by atoms with Gasteiger partial charge in [-0.2, -0.15) is 8.78 Å². The van der Waals surface area contributed by atoms with Gasteiger partial charge in [0.15, 0.2) is 17.5 Å². The zero-order chi connectivity index (χ0) is 22.3. The third-order valence-corrected chi connectivity index (χ3v) is 5.08. The number of nitrogens with zero attached hydrogens (tertiary/aromatic N) is 2. The van der Waals surface area contributed by atoms with E-state index in [2.05, 4.69) is 49.5 Å². The summed E-state index contributed by atoms with van der Waals surface area (Å²) in [6.45, 7) is 2.27. The zero-order valence-electron chi connectivity index (χ0n) is 18.2. The highest BCUT2D eigenvalue weighted by atomic mass is 127. The second kappa shape index (κ2) is 11.9. The quantitative estimate of drug-likeness (QED) is 0.213. The van der Waals surface area contributed by atoms with Crippen molar-refractivity contribution in [1.29, 1.82) is 0 Å². The monoisotopic (exact) mass is 572 g/mol. The second-order valence-corrected chi connectivity index (χ2v) is 7.29. The first-order valence-corrected chi connectivity index (χ1v) is 10.5. The van der Waals surface area contributed by atoms with E-state index < -0.39 is 6.61 Å². The molecule has 0 saturated heterocycles. The highest BCUT2D eigenvalue weighted by molar-refractivity contribution is 14.0. The summed E-state index contributed by atoms with van der Waals surface area (Å²) in [4.78, 5) is 6.92. The number of nitrogens with one attached hydrogen (secondary N) is 2. The van der Waals surface area contributed by atoms with E-state index in [-0.39, 0.29) is 43.1 Å². The molecule has 2 aliphatic rings. The number of rotatable bonds is 8. The van der Waals surface area contributed by atoms with Crippen LogP contribution >= 0.6 is 24.0 Å². The minimum Gasteiger partial charge on any atom is -0.454 e. The van der Waals surface area contributed by atoms with Crippen LogP contribution in [0, 0.1) is 0 Å². The second-order valence-electron chi connectivity index (χ2n) is 7.29. The molecule has 2 aliphatic heterocycles. The van der Waals surface area contributed by atoms with Crippen molar-refractivity contribution >= 4 is 35.6 Å². The van der Waals surface area contributed by atoms with Crippen LogP contribution < -0.4 is 29.7 Å². The molecule has 0 spiro atoms. The lowest BCUT2D eigenvalue weighted by molar-refractivity contribution is -0.0505. The molecule has 2 aromatic carbocycles. The summed E-state index contributed by atoms with van der Waals surface area (Å²) in [5.41, 5.74) is 2.76. The number of hydrogen-bond acceptors (Lipinski definition) is 5. The zero-order valence-corrected chi connectivity index (χ0v) is 20.6. The molecule has 2 aromatic rings. The molecule has 0 fully saturated rings. The first kappa shape index (κ1) is 24.9. The van der Waals surface area contributed by atoms with E-state index >= 15 is 0 Å². The number of fused-ring (bicyclic) bond motifs is 1. The largest absolute Gasteiger partial charge is 0.454 e. The van der Waals surface area contributed by atoms with Crippen LogP contribution in [-0.4, -0.2) is 39.0 Å². The Morgan fingerprint density at radius 1 is 1.12 bits per heavy atom. The fourth-order valence-electron chi connectivity index (χ4n) is 3.54. The van der Waals surface area contributed by atoms with Gasteiger partial charge < -0.3 is 29.7 Å². The number of aliphatic imine (C=N–C) groups is 1. The molecule has 0 saturated carbocycles. The highest BCUT2D eigenvalue weighted by Crippen LogP contribution is 2.38. The molecule has 0 aliphatic carbocycles. The van der Waals surface area contributed by atoms with Crippen LogP contribution in [0.4, 0.5) is 14.5 Å². The number of halogens is 3. The molecular weight excluding hydrogens is 545 g/mol. The summed E-state index contributed by atoms with van der Waals surface area (Å²) >= 11 is 0. The van der Waals surface area contributed by atoms with Gasteiger partial charge in [-0.15, -0.1) is 24.0 Å². The average Bonchev–Trinajstić information content (AvgIpc) is 3.47. The molecule has 0 amide bonds. The van der Waals surface area contributed by atoms with E-state index in [1.165, 1.54) is 6.07 Å². The van der Waals surface area contributed by atoms with Crippen molar-refractivity contribution < 1.29 is 23.0 Å². The van der Waals surface area contributed by atoms with Crippen molar-refractivity contribution in [2.24, 2.45) is 4.99 Å². The van der Waals surface area contributed by atoms with Gasteiger partial charge in [0.2, 0.25) is 6.79 Å². The van der Waals surface area contributed by atoms with E-state index in [1.54, 1.807) is 6.07 Å². The molecule has 0 unspecified atom stereocenters. The molecule has 0 aromatic heterocycles. The maximum atomic E-state index is 12.9. The molecule has 2 heterocycles. The number of hydrogen-bond donors (Lipinski definition) is 2. The van der Waals surface area contributed by atoms with Crippen LogP contribution in [0.3, 0.4) is 0 Å². The van der Waals surface area contributed by atoms with Crippen molar-refractivity contribution in [3.05, 3.63) is 59.7 Å². The Balaban J connectivity index is 0.00000306. The first-order chi connectivity index (χ1) is 15.6. The summed E-state index contributed by atoms with van der Waals surface area (Å²) in [7, 11) is 0. The van der Waals surface area contributed by atoms with Crippen molar-refractivity contribution in [3.8, 4) is 17.2 Å². The van der Waals surface area contributed by atoms with Crippen molar-refractivity contribution in [1.82, 2.24) is 10.6 Å². The standard InChI is InChI=1S/C23H26F2N4O3.HI/c1-2-26-23(27-13-16-6-5-7-18(10-16)29-8-3-4-9-29)28-14-17-11-20-21(31-15-30-20)12-19(17)32-22(24)25;/h3-7,10-12,22H,2,8-9,13-15H2,1H3,(H2,26,27,28);1H. The van der Waals surface area contributed by atoms with Crippen LogP contribution in [-0.2, 0) is 13.1 Å². The Kier molecular flexibility index (Phi) is 8.98. The Hall–Kier alpha value is -2.76. The Bertz CT molecular complexity index is 996. The molecule has 2 N–H and O–H groups in total. The molecule has 7 nitrogen and oxygen atoms in total. The molecular formula is C23H27F2IN4O3. The van der Waals surface area contributed by atoms with Gasteiger partial charge in [0.05, 0.1) is 6.54 Å². The fraction of sp³-hybridized carbons (Fsp3) is 0.348. The van der Waals surface area contributed by atoms with Crippen LogP contribution in [0.15, 0.2) is 53.5 Å². The molecule has 4 rings (SSSR count). The minimum absolute atomic E-state index is 0. The van der Waals surface area contributed by atoms with E-state index in [9.17, 15) is 8.78 Å². The molecule has 178 valence electrons. The third-order valence-electron chi connectivity index (χ3n) is 5.08. The van der Waals surface area contributed by atoms with E-state index in [0.717, 1.165) is 24.3 Å². The number of alkyl halides is 2. The molecule has 0 atom stereocenters. The fourth-order valence-corrected chi connectivity index (χ4v) is 3.54. The van der Waals surface area contributed by atoms with Gasteiger partial charge in [0.1, 0.15) is 5.75 Å². The summed E-state index contributed by atoms with van der Waals surface area (Å²) in [6.07, 6.45) is 4.31. The van der Waals surface area contributed by atoms with Crippen molar-refractivity contribution in [2.75, 3.05) is 31.3 Å². The lowest BCUT2D eigenvalue weighted by atomic mass is 10.1. The molecule has 0 radical (unpaired) electrons. The first-order valence-electron chi connectivity index (χ1n) is 10.5. The van der Waals surface area contributed by atoms with Gasteiger partial charge in [-0.1, -0.05) is 24.3 Å². The van der Waals surface area contributed by atoms with Crippen LogP contribution in [0.25, 0.3) is 0 Å². The number of ether oxygens (including phenoxy) is 3. The van der Waals surface area contributed by atoms with Crippen LogP contribution in [0.1, 0.15) is 18.1 Å². The van der Waals surface area contributed by atoms with Gasteiger partial charge in [-0.3, -0.25) is 0 Å². The minimum atomic E-state index is -2.94. The topological polar surface area (TPSA) is 67.4 Å². The van der Waals surface area contributed by atoms with Gasteiger partial charge >= 0.3 is 6.61 Å². The van der Waals surface area contributed by atoms with Crippen molar-refractivity contribution in [3.63, 3.8) is 0 Å². The molecule has 10 heteroatoms. The summed E-state index contributed by atoms with van der Waals surface area (Å²) in [5.74, 6) is 1.50. The number of benzene rings is 2. The maximum Gasteiger partial charge on any atom is 0.387 e. The van der Waals surface area contributed by atoms with E-state index in [0.29, 0.717) is 36.1 Å². The lowest BCUT2D eigenvalue weighted by Gasteiger charge is -2.18. The lowest BCUT2D eigenvalue weighted by Crippen LogP contribution is -2.36. The van der Waals surface area contributed by atoms with Gasteiger partial charge in [-0.25, -0.2) is 4.99 Å². The van der Waals surface area contributed by atoms with Crippen LogP contribution in [0.2, 0.25) is 0 Å². The summed E-state index contributed by atoms with van der Waals surface area (Å²) in [6, 6.07) is 11.4. The Morgan fingerprint density at radius 3 is 2.61 bits per heavy atom. The van der Waals surface area contributed by atoms with Gasteiger partial charge in [0, 0.05) is 43.5 Å². The van der Waals surface area contributed by atoms with Gasteiger partial charge in [-0.05, 0) is 30.7 Å². The average molecular weight is 572 g/mol. The van der Waals surface area contributed by atoms with Gasteiger partial charge in [0.25, 0.3) is 0 Å². The highest BCUT2D eigenvalue weighted by Gasteiger charge is 2.20.